The third-order valence-corrected chi connectivity index (χ3v) is 2.37. The minimum absolute atomic E-state index is 0.00991. The van der Waals surface area contributed by atoms with E-state index in [2.05, 4.69) is 5.32 Å². The Bertz CT molecular complexity index is 230. The first-order valence-corrected chi connectivity index (χ1v) is 4.89. The molecule has 1 fully saturated rings. The number of nitrogens with two attached hydrogens (primary N) is 1. The molecule has 0 aromatic rings. The van der Waals surface area contributed by atoms with E-state index in [4.69, 9.17) is 5.73 Å². The van der Waals surface area contributed by atoms with Crippen LogP contribution in [0.15, 0.2) is 0 Å². The molecular formula is C9H17N3O2. The lowest BCUT2D eigenvalue weighted by atomic mass is 10.2. The molecule has 0 spiro atoms. The molecule has 0 aliphatic carbocycles. The number of rotatable bonds is 4. The van der Waals surface area contributed by atoms with Gasteiger partial charge in [0, 0.05) is 20.0 Å². The summed E-state index contributed by atoms with van der Waals surface area (Å²) in [5, 5.41) is 2.65. The van der Waals surface area contributed by atoms with Gasteiger partial charge in [-0.3, -0.25) is 9.59 Å². The molecule has 1 rings (SSSR count). The number of nitrogens with zero attached hydrogens (tertiary/aromatic N) is 1. The second-order valence-electron chi connectivity index (χ2n) is 3.56. The number of carbonyl (C=O) groups excluding carboxylic acids is 2. The quantitative estimate of drug-likeness (QED) is 0.614. The normalized spacial score (nSPS) is 20.7. The summed E-state index contributed by atoms with van der Waals surface area (Å²) in [5.41, 5.74) is 5.34. The first kappa shape index (κ1) is 11.0. The molecule has 1 atom stereocenters. The molecular weight excluding hydrogens is 182 g/mol. The summed E-state index contributed by atoms with van der Waals surface area (Å²) in [6, 6.07) is -0.315. The molecule has 0 unspecified atom stereocenters. The fourth-order valence-corrected chi connectivity index (χ4v) is 1.50. The molecule has 1 saturated heterocycles. The van der Waals surface area contributed by atoms with E-state index in [1.807, 2.05) is 0 Å². The minimum Gasteiger partial charge on any atom is -0.344 e. The van der Waals surface area contributed by atoms with Crippen molar-refractivity contribution in [3.05, 3.63) is 0 Å². The predicted molar refractivity (Wildman–Crippen MR) is 52.5 cm³/mol. The highest BCUT2D eigenvalue weighted by Crippen LogP contribution is 2.08. The van der Waals surface area contributed by atoms with Gasteiger partial charge in [0.1, 0.15) is 6.04 Å². The van der Waals surface area contributed by atoms with Crippen molar-refractivity contribution in [3.8, 4) is 0 Å². The Hall–Kier alpha value is -1.10. The van der Waals surface area contributed by atoms with E-state index in [0.29, 0.717) is 25.9 Å². The predicted octanol–water partition coefficient (Wildman–Crippen LogP) is -0.928. The van der Waals surface area contributed by atoms with E-state index in [9.17, 15) is 9.59 Å². The smallest absolute Gasteiger partial charge is 0.244 e. The molecule has 0 bridgehead atoms. The molecule has 0 aromatic heterocycles. The molecule has 1 aliphatic rings. The lowest BCUT2D eigenvalue weighted by Crippen LogP contribution is -2.43. The van der Waals surface area contributed by atoms with Crippen molar-refractivity contribution in [1.82, 2.24) is 10.2 Å². The van der Waals surface area contributed by atoms with Gasteiger partial charge in [0.25, 0.3) is 0 Å². The van der Waals surface area contributed by atoms with Gasteiger partial charge in [-0.25, -0.2) is 0 Å². The highest BCUT2D eigenvalue weighted by Gasteiger charge is 2.28. The summed E-state index contributed by atoms with van der Waals surface area (Å²) in [4.78, 5) is 24.2. The maximum atomic E-state index is 11.7. The maximum Gasteiger partial charge on any atom is 0.244 e. The van der Waals surface area contributed by atoms with E-state index < -0.39 is 0 Å². The zero-order chi connectivity index (χ0) is 10.6. The Balaban J connectivity index is 2.36. The molecule has 14 heavy (non-hydrogen) atoms. The summed E-state index contributed by atoms with van der Waals surface area (Å²) < 4.78 is 0. The molecule has 2 amide bonds. The minimum atomic E-state index is -0.315. The van der Waals surface area contributed by atoms with Crippen LogP contribution in [0.4, 0.5) is 0 Å². The molecule has 1 aliphatic heterocycles. The van der Waals surface area contributed by atoms with E-state index in [0.717, 1.165) is 6.42 Å². The van der Waals surface area contributed by atoms with Crippen molar-refractivity contribution in [2.24, 2.45) is 5.73 Å². The summed E-state index contributed by atoms with van der Waals surface area (Å²) in [5.74, 6) is -0.0418. The summed E-state index contributed by atoms with van der Waals surface area (Å²) >= 11 is 0. The molecule has 1 heterocycles. The Morgan fingerprint density at radius 1 is 1.71 bits per heavy atom. The van der Waals surface area contributed by atoms with Crippen molar-refractivity contribution in [1.29, 1.82) is 0 Å². The number of hydrogen-bond acceptors (Lipinski definition) is 3. The van der Waals surface area contributed by atoms with Crippen LogP contribution in [0.5, 0.6) is 0 Å². The van der Waals surface area contributed by atoms with Gasteiger partial charge in [0.2, 0.25) is 11.8 Å². The Kier molecular flexibility index (Phi) is 3.88. The molecule has 0 aromatic carbocycles. The van der Waals surface area contributed by atoms with Crippen LogP contribution < -0.4 is 11.1 Å². The summed E-state index contributed by atoms with van der Waals surface area (Å²) in [7, 11) is 1.74. The van der Waals surface area contributed by atoms with Crippen molar-refractivity contribution >= 4 is 11.8 Å². The first-order chi connectivity index (χ1) is 6.65. The van der Waals surface area contributed by atoms with E-state index >= 15 is 0 Å². The van der Waals surface area contributed by atoms with Crippen molar-refractivity contribution in [2.45, 2.75) is 25.3 Å². The zero-order valence-electron chi connectivity index (χ0n) is 8.45. The number of likely N-dealkylation sites (N-methyl/N-ethyl adjacent to an activating group) is 1. The average molecular weight is 199 g/mol. The monoisotopic (exact) mass is 199 g/mol. The van der Waals surface area contributed by atoms with Crippen LogP contribution in [0.1, 0.15) is 19.3 Å². The Labute approximate surface area is 83.6 Å². The number of carbonyl (C=O) groups is 2. The van der Waals surface area contributed by atoms with E-state index in [-0.39, 0.29) is 17.9 Å². The van der Waals surface area contributed by atoms with Crippen LogP contribution >= 0.6 is 0 Å². The Morgan fingerprint density at radius 3 is 2.93 bits per heavy atom. The first-order valence-electron chi connectivity index (χ1n) is 4.89. The Morgan fingerprint density at radius 2 is 2.43 bits per heavy atom. The lowest BCUT2D eigenvalue weighted by Gasteiger charge is -2.20. The SMILES string of the molecule is CN(CCCN)C(=O)[C@@H]1CCC(=O)N1. The van der Waals surface area contributed by atoms with Crippen molar-refractivity contribution in [3.63, 3.8) is 0 Å². The van der Waals surface area contributed by atoms with Crippen LogP contribution in [-0.2, 0) is 9.59 Å². The van der Waals surface area contributed by atoms with Gasteiger partial charge in [-0.1, -0.05) is 0 Å². The summed E-state index contributed by atoms with van der Waals surface area (Å²) in [6.07, 6.45) is 1.87. The lowest BCUT2D eigenvalue weighted by molar-refractivity contribution is -0.133. The number of hydrogen-bond donors (Lipinski definition) is 2. The van der Waals surface area contributed by atoms with Crippen molar-refractivity contribution < 1.29 is 9.59 Å². The van der Waals surface area contributed by atoms with Gasteiger partial charge in [0.05, 0.1) is 0 Å². The standard InChI is InChI=1S/C9H17N3O2/c1-12(6-2-5-10)9(14)7-3-4-8(13)11-7/h7H,2-6,10H2,1H3,(H,11,13)/t7-/m0/s1. The fourth-order valence-electron chi connectivity index (χ4n) is 1.50. The van der Waals surface area contributed by atoms with Crippen LogP contribution in [-0.4, -0.2) is 42.9 Å². The summed E-state index contributed by atoms with van der Waals surface area (Å²) in [6.45, 7) is 1.23. The molecule has 3 N–H and O–H groups in total. The molecule has 80 valence electrons. The maximum absolute atomic E-state index is 11.7. The van der Waals surface area contributed by atoms with Crippen LogP contribution in [0, 0.1) is 0 Å². The van der Waals surface area contributed by atoms with Gasteiger partial charge < -0.3 is 16.0 Å². The van der Waals surface area contributed by atoms with Crippen LogP contribution in [0.25, 0.3) is 0 Å². The fraction of sp³-hybridized carbons (Fsp3) is 0.778. The van der Waals surface area contributed by atoms with Crippen molar-refractivity contribution in [2.75, 3.05) is 20.1 Å². The molecule has 5 nitrogen and oxygen atoms in total. The van der Waals surface area contributed by atoms with E-state index in [1.54, 1.807) is 11.9 Å². The highest BCUT2D eigenvalue weighted by atomic mass is 16.2. The topological polar surface area (TPSA) is 75.4 Å². The highest BCUT2D eigenvalue weighted by molar-refractivity contribution is 5.90. The third kappa shape index (κ3) is 2.70. The van der Waals surface area contributed by atoms with Crippen LogP contribution in [0.2, 0.25) is 0 Å². The van der Waals surface area contributed by atoms with Gasteiger partial charge in [-0.05, 0) is 19.4 Å². The average Bonchev–Trinajstić information content (AvgIpc) is 2.60. The van der Waals surface area contributed by atoms with Gasteiger partial charge in [-0.2, -0.15) is 0 Å². The molecule has 5 heteroatoms. The van der Waals surface area contributed by atoms with Gasteiger partial charge in [-0.15, -0.1) is 0 Å². The van der Waals surface area contributed by atoms with Gasteiger partial charge >= 0.3 is 0 Å². The second-order valence-corrected chi connectivity index (χ2v) is 3.56. The van der Waals surface area contributed by atoms with Gasteiger partial charge in [0.15, 0.2) is 0 Å². The molecule has 0 radical (unpaired) electrons. The van der Waals surface area contributed by atoms with Crippen LogP contribution in [0.3, 0.4) is 0 Å². The van der Waals surface area contributed by atoms with E-state index in [1.165, 1.54) is 0 Å². The second kappa shape index (κ2) is 4.95. The number of amides is 2. The largest absolute Gasteiger partial charge is 0.344 e. The molecule has 0 saturated carbocycles. The third-order valence-electron chi connectivity index (χ3n) is 2.37. The zero-order valence-corrected chi connectivity index (χ0v) is 8.45. The number of nitrogens with one attached hydrogen (secondary N) is 1.